The van der Waals surface area contributed by atoms with E-state index in [-0.39, 0.29) is 18.0 Å². The molecule has 9 nitrogen and oxygen atoms in total. The summed E-state index contributed by atoms with van der Waals surface area (Å²) in [6.45, 7) is 9.81. The molecule has 1 unspecified atom stereocenters. The molecule has 1 aliphatic rings. The Balaban J connectivity index is 1.86. The van der Waals surface area contributed by atoms with Crippen molar-refractivity contribution in [2.75, 3.05) is 51.8 Å². The molecule has 0 radical (unpaired) electrons. The summed E-state index contributed by atoms with van der Waals surface area (Å²) in [5.74, 6) is 0.0227. The van der Waals surface area contributed by atoms with Crippen LogP contribution in [0, 0.1) is 0 Å². The van der Waals surface area contributed by atoms with Crippen LogP contribution in [0.3, 0.4) is 0 Å². The van der Waals surface area contributed by atoms with Crippen molar-refractivity contribution in [2.45, 2.75) is 46.1 Å². The highest BCUT2D eigenvalue weighted by molar-refractivity contribution is 5.90. The van der Waals surface area contributed by atoms with Gasteiger partial charge >= 0.3 is 6.03 Å². The quantitative estimate of drug-likeness (QED) is 0.600. The SMILES string of the molecule is CCc1nn(C)c(CC)c1NC(=O)N1CCN(C(C)C(=O)NCCCOC)CC1. The van der Waals surface area contributed by atoms with E-state index in [2.05, 4.69) is 27.6 Å². The fourth-order valence-electron chi connectivity index (χ4n) is 3.66. The number of rotatable bonds is 9. The highest BCUT2D eigenvalue weighted by Crippen LogP contribution is 2.22. The maximum absolute atomic E-state index is 12.8. The van der Waals surface area contributed by atoms with E-state index in [0.717, 1.165) is 36.3 Å². The van der Waals surface area contributed by atoms with Crippen LogP contribution >= 0.6 is 0 Å². The Hall–Kier alpha value is -2.13. The molecule has 2 N–H and O–H groups in total. The van der Waals surface area contributed by atoms with Crippen LogP contribution in [0.25, 0.3) is 0 Å². The van der Waals surface area contributed by atoms with Gasteiger partial charge in [-0.2, -0.15) is 5.10 Å². The first-order chi connectivity index (χ1) is 13.9. The number of amides is 3. The Morgan fingerprint density at radius 2 is 1.86 bits per heavy atom. The van der Waals surface area contributed by atoms with Crippen molar-refractivity contribution < 1.29 is 14.3 Å². The Morgan fingerprint density at radius 3 is 2.45 bits per heavy atom. The molecule has 1 aliphatic heterocycles. The van der Waals surface area contributed by atoms with Crippen LogP contribution in [0.15, 0.2) is 0 Å². The normalized spacial score (nSPS) is 16.0. The highest BCUT2D eigenvalue weighted by atomic mass is 16.5. The number of aryl methyl sites for hydroxylation is 2. The molecule has 2 rings (SSSR count). The molecule has 0 bridgehead atoms. The van der Waals surface area contributed by atoms with E-state index in [1.807, 2.05) is 30.5 Å². The Kier molecular flexibility index (Phi) is 8.91. The van der Waals surface area contributed by atoms with Gasteiger partial charge in [0.1, 0.15) is 0 Å². The number of nitrogens with zero attached hydrogens (tertiary/aromatic N) is 4. The zero-order valence-electron chi connectivity index (χ0n) is 18.5. The molecule has 9 heteroatoms. The average Bonchev–Trinajstić information content (AvgIpc) is 3.04. The van der Waals surface area contributed by atoms with Gasteiger partial charge in [-0.3, -0.25) is 14.4 Å². The smallest absolute Gasteiger partial charge is 0.322 e. The second-order valence-corrected chi connectivity index (χ2v) is 7.37. The molecule has 1 atom stereocenters. The zero-order chi connectivity index (χ0) is 21.4. The largest absolute Gasteiger partial charge is 0.385 e. The predicted octanol–water partition coefficient (Wildman–Crippen LogP) is 1.24. The van der Waals surface area contributed by atoms with Gasteiger partial charge in [-0.1, -0.05) is 13.8 Å². The minimum Gasteiger partial charge on any atom is -0.385 e. The van der Waals surface area contributed by atoms with Crippen molar-refractivity contribution in [3.8, 4) is 0 Å². The number of hydrogen-bond donors (Lipinski definition) is 2. The third-order valence-corrected chi connectivity index (χ3v) is 5.49. The summed E-state index contributed by atoms with van der Waals surface area (Å²) in [6.07, 6.45) is 2.38. The highest BCUT2D eigenvalue weighted by Gasteiger charge is 2.28. The molecule has 1 fully saturated rings. The lowest BCUT2D eigenvalue weighted by Gasteiger charge is -2.37. The van der Waals surface area contributed by atoms with Crippen LogP contribution in [-0.4, -0.2) is 84.0 Å². The molecule has 164 valence electrons. The molecule has 0 aliphatic carbocycles. The van der Waals surface area contributed by atoms with Crippen LogP contribution in [-0.2, 0) is 29.4 Å². The second-order valence-electron chi connectivity index (χ2n) is 7.37. The first-order valence-corrected chi connectivity index (χ1v) is 10.5. The molecular formula is C20H36N6O3. The first-order valence-electron chi connectivity index (χ1n) is 10.5. The summed E-state index contributed by atoms with van der Waals surface area (Å²) in [5, 5.41) is 10.5. The molecule has 1 aromatic heterocycles. The summed E-state index contributed by atoms with van der Waals surface area (Å²) in [4.78, 5) is 29.0. The summed E-state index contributed by atoms with van der Waals surface area (Å²) >= 11 is 0. The molecule has 2 heterocycles. The van der Waals surface area contributed by atoms with Gasteiger partial charge in [-0.25, -0.2) is 4.79 Å². The van der Waals surface area contributed by atoms with Crippen LogP contribution < -0.4 is 10.6 Å². The molecule has 0 aromatic carbocycles. The fourth-order valence-corrected chi connectivity index (χ4v) is 3.66. The number of aromatic nitrogens is 2. The predicted molar refractivity (Wildman–Crippen MR) is 113 cm³/mol. The van der Waals surface area contributed by atoms with Crippen molar-refractivity contribution in [1.82, 2.24) is 24.9 Å². The molecule has 1 saturated heterocycles. The van der Waals surface area contributed by atoms with Crippen molar-refractivity contribution in [2.24, 2.45) is 7.05 Å². The number of anilines is 1. The minimum absolute atomic E-state index is 0.0227. The second kappa shape index (κ2) is 11.2. The maximum Gasteiger partial charge on any atom is 0.322 e. The van der Waals surface area contributed by atoms with Crippen LogP contribution in [0.4, 0.5) is 10.5 Å². The van der Waals surface area contributed by atoms with E-state index in [0.29, 0.717) is 39.3 Å². The van der Waals surface area contributed by atoms with Crippen LogP contribution in [0.1, 0.15) is 38.6 Å². The van der Waals surface area contributed by atoms with Gasteiger partial charge in [0, 0.05) is 53.5 Å². The van der Waals surface area contributed by atoms with E-state index >= 15 is 0 Å². The monoisotopic (exact) mass is 408 g/mol. The third kappa shape index (κ3) is 5.93. The molecule has 1 aromatic rings. The zero-order valence-corrected chi connectivity index (χ0v) is 18.5. The average molecular weight is 409 g/mol. The van der Waals surface area contributed by atoms with Gasteiger partial charge < -0.3 is 20.3 Å². The number of carbonyl (C=O) groups excluding carboxylic acids is 2. The molecule has 0 spiro atoms. The standard InChI is InChI=1S/C20H36N6O3/c1-6-16-18(17(7-2)24(4)23-16)22-20(28)26-12-10-25(11-13-26)15(3)19(27)21-9-8-14-29-5/h15H,6-14H2,1-5H3,(H,21,27)(H,22,28). The molecular weight excluding hydrogens is 372 g/mol. The van der Waals surface area contributed by atoms with Gasteiger partial charge in [0.15, 0.2) is 0 Å². The number of hydrogen-bond acceptors (Lipinski definition) is 5. The van der Waals surface area contributed by atoms with Gasteiger partial charge in [-0.05, 0) is 26.2 Å². The lowest BCUT2D eigenvalue weighted by molar-refractivity contribution is -0.126. The van der Waals surface area contributed by atoms with E-state index in [9.17, 15) is 9.59 Å². The Morgan fingerprint density at radius 1 is 1.17 bits per heavy atom. The number of methoxy groups -OCH3 is 1. The number of nitrogens with one attached hydrogen (secondary N) is 2. The summed E-state index contributed by atoms with van der Waals surface area (Å²) in [6, 6.07) is -0.307. The van der Waals surface area contributed by atoms with Crippen molar-refractivity contribution in [1.29, 1.82) is 0 Å². The van der Waals surface area contributed by atoms with Crippen molar-refractivity contribution >= 4 is 17.6 Å². The third-order valence-electron chi connectivity index (χ3n) is 5.49. The van der Waals surface area contributed by atoms with Crippen molar-refractivity contribution in [3.05, 3.63) is 11.4 Å². The number of carbonyl (C=O) groups is 2. The van der Waals surface area contributed by atoms with Crippen molar-refractivity contribution in [3.63, 3.8) is 0 Å². The molecule has 0 saturated carbocycles. The first kappa shape index (κ1) is 23.2. The van der Waals surface area contributed by atoms with E-state index in [4.69, 9.17) is 4.74 Å². The number of urea groups is 1. The molecule has 3 amide bonds. The van der Waals surface area contributed by atoms with E-state index < -0.39 is 0 Å². The lowest BCUT2D eigenvalue weighted by atomic mass is 10.2. The van der Waals surface area contributed by atoms with Gasteiger partial charge in [0.25, 0.3) is 0 Å². The van der Waals surface area contributed by atoms with Gasteiger partial charge in [0.05, 0.1) is 23.1 Å². The Labute approximate surface area is 173 Å². The summed E-state index contributed by atoms with van der Waals surface area (Å²) < 4.78 is 6.84. The van der Waals surface area contributed by atoms with Gasteiger partial charge in [-0.15, -0.1) is 0 Å². The van der Waals surface area contributed by atoms with E-state index in [1.54, 1.807) is 7.11 Å². The maximum atomic E-state index is 12.8. The lowest BCUT2D eigenvalue weighted by Crippen LogP contribution is -2.55. The van der Waals surface area contributed by atoms with E-state index in [1.165, 1.54) is 0 Å². The number of piperazine rings is 1. The topological polar surface area (TPSA) is 91.7 Å². The molecule has 29 heavy (non-hydrogen) atoms. The van der Waals surface area contributed by atoms with Crippen LogP contribution in [0.5, 0.6) is 0 Å². The van der Waals surface area contributed by atoms with Gasteiger partial charge in [0.2, 0.25) is 5.91 Å². The minimum atomic E-state index is -0.209. The summed E-state index contributed by atoms with van der Waals surface area (Å²) in [7, 11) is 3.56. The van der Waals surface area contributed by atoms with Crippen LogP contribution in [0.2, 0.25) is 0 Å². The Bertz CT molecular complexity index is 682. The summed E-state index contributed by atoms with van der Waals surface area (Å²) in [5.41, 5.74) is 2.79. The fraction of sp³-hybridized carbons (Fsp3) is 0.750. The number of ether oxygens (including phenoxy) is 1.